The zero-order chi connectivity index (χ0) is 20.1. The van der Waals surface area contributed by atoms with E-state index in [1.54, 1.807) is 6.33 Å². The number of piperazine rings is 1. The number of nitrogens with zero attached hydrogens (tertiary/aromatic N) is 4. The average molecular weight is 409 g/mol. The lowest BCUT2D eigenvalue weighted by atomic mass is 10.2. The number of aromatic nitrogens is 2. The number of Topliss-reactive ketones (excluding diaryl/α,β-unsaturated/α-hetero) is 1. The van der Waals surface area contributed by atoms with Crippen molar-refractivity contribution in [3.63, 3.8) is 0 Å². The molecule has 1 aliphatic rings. The minimum absolute atomic E-state index is 0.0867. The van der Waals surface area contributed by atoms with Crippen molar-refractivity contribution in [1.29, 1.82) is 0 Å². The van der Waals surface area contributed by atoms with E-state index in [-0.39, 0.29) is 11.6 Å². The van der Waals surface area contributed by atoms with E-state index < -0.39 is 0 Å². The highest BCUT2D eigenvalue weighted by molar-refractivity contribution is 7.99. The summed E-state index contributed by atoms with van der Waals surface area (Å²) < 4.78 is 13.1. The highest BCUT2D eigenvalue weighted by Gasteiger charge is 2.19. The molecule has 0 saturated carbocycles. The van der Waals surface area contributed by atoms with Gasteiger partial charge in [-0.15, -0.1) is 0 Å². The van der Waals surface area contributed by atoms with Crippen LogP contribution in [0, 0.1) is 5.82 Å². The number of hydrogen-bond donors (Lipinski definition) is 0. The van der Waals surface area contributed by atoms with Gasteiger partial charge in [-0.25, -0.2) is 14.4 Å². The summed E-state index contributed by atoms with van der Waals surface area (Å²) in [5.41, 5.74) is 1.75. The molecule has 0 bridgehead atoms. The van der Waals surface area contributed by atoms with E-state index in [4.69, 9.17) is 0 Å². The Labute approximate surface area is 173 Å². The molecule has 1 fully saturated rings. The lowest BCUT2D eigenvalue weighted by molar-refractivity contribution is 0.102. The zero-order valence-corrected chi connectivity index (χ0v) is 16.7. The first-order chi connectivity index (χ1) is 14.2. The summed E-state index contributed by atoms with van der Waals surface area (Å²) in [5.74, 6) is 1.08. The van der Waals surface area contributed by atoms with Gasteiger partial charge in [-0.05, 0) is 24.3 Å². The summed E-state index contributed by atoms with van der Waals surface area (Å²) in [7, 11) is 0. The average Bonchev–Trinajstić information content (AvgIpc) is 2.79. The number of hydrogen-bond acceptors (Lipinski definition) is 6. The van der Waals surface area contributed by atoms with Crippen molar-refractivity contribution in [1.82, 2.24) is 9.97 Å². The SMILES string of the molecule is O=C(CSc1cc(N2CCN(c3ccc(F)cc3)CC2)ncn1)c1ccccc1. The molecule has 2 aromatic carbocycles. The van der Waals surface area contributed by atoms with Crippen LogP contribution in [-0.4, -0.2) is 47.7 Å². The number of halogens is 1. The van der Waals surface area contributed by atoms with E-state index in [9.17, 15) is 9.18 Å². The van der Waals surface area contributed by atoms with Crippen molar-refractivity contribution in [2.45, 2.75) is 5.03 Å². The molecule has 0 spiro atoms. The van der Waals surface area contributed by atoms with Gasteiger partial charge in [-0.3, -0.25) is 4.79 Å². The Morgan fingerprint density at radius 1 is 0.931 bits per heavy atom. The molecule has 0 radical (unpaired) electrons. The van der Waals surface area contributed by atoms with Gasteiger partial charge in [0.25, 0.3) is 0 Å². The predicted octanol–water partition coefficient (Wildman–Crippen LogP) is 3.92. The van der Waals surface area contributed by atoms with Crippen LogP contribution >= 0.6 is 11.8 Å². The molecular weight excluding hydrogens is 387 g/mol. The number of ketones is 1. The molecule has 0 atom stereocenters. The second-order valence-electron chi connectivity index (χ2n) is 6.74. The molecule has 1 aliphatic heterocycles. The summed E-state index contributed by atoms with van der Waals surface area (Å²) in [6.07, 6.45) is 1.55. The molecule has 1 aromatic heterocycles. The molecule has 29 heavy (non-hydrogen) atoms. The molecule has 148 valence electrons. The number of carbonyl (C=O) groups is 1. The smallest absolute Gasteiger partial charge is 0.173 e. The van der Waals surface area contributed by atoms with Crippen LogP contribution in [-0.2, 0) is 0 Å². The van der Waals surface area contributed by atoms with Gasteiger partial charge >= 0.3 is 0 Å². The fourth-order valence-electron chi connectivity index (χ4n) is 3.27. The Kier molecular flexibility index (Phi) is 6.05. The van der Waals surface area contributed by atoms with Crippen molar-refractivity contribution >= 4 is 29.1 Å². The summed E-state index contributed by atoms with van der Waals surface area (Å²) in [6, 6.07) is 17.8. The quantitative estimate of drug-likeness (QED) is 0.350. The van der Waals surface area contributed by atoms with E-state index in [0.29, 0.717) is 11.3 Å². The van der Waals surface area contributed by atoms with Crippen molar-refractivity contribution < 1.29 is 9.18 Å². The van der Waals surface area contributed by atoms with E-state index >= 15 is 0 Å². The Balaban J connectivity index is 1.34. The Morgan fingerprint density at radius 2 is 1.62 bits per heavy atom. The highest BCUT2D eigenvalue weighted by Crippen LogP contribution is 2.23. The van der Waals surface area contributed by atoms with E-state index in [1.807, 2.05) is 48.5 Å². The number of thioether (sulfide) groups is 1. The highest BCUT2D eigenvalue weighted by atomic mass is 32.2. The van der Waals surface area contributed by atoms with E-state index in [1.165, 1.54) is 23.9 Å². The van der Waals surface area contributed by atoms with Crippen molar-refractivity contribution in [2.24, 2.45) is 0 Å². The van der Waals surface area contributed by atoms with Gasteiger partial charge in [-0.1, -0.05) is 42.1 Å². The topological polar surface area (TPSA) is 49.3 Å². The molecule has 1 saturated heterocycles. The van der Waals surface area contributed by atoms with Crippen LogP contribution in [0.25, 0.3) is 0 Å². The molecule has 0 N–H and O–H groups in total. The van der Waals surface area contributed by atoms with Crippen molar-refractivity contribution in [3.05, 3.63) is 78.4 Å². The molecule has 4 rings (SSSR count). The number of benzene rings is 2. The van der Waals surface area contributed by atoms with Gasteiger partial charge < -0.3 is 9.80 Å². The van der Waals surface area contributed by atoms with Crippen LogP contribution in [0.2, 0.25) is 0 Å². The van der Waals surface area contributed by atoms with Crippen LogP contribution in [0.5, 0.6) is 0 Å². The van der Waals surface area contributed by atoms with Crippen LogP contribution in [0.4, 0.5) is 15.9 Å². The maximum Gasteiger partial charge on any atom is 0.173 e. The van der Waals surface area contributed by atoms with Crippen molar-refractivity contribution in [3.8, 4) is 0 Å². The Bertz CT molecular complexity index is 960. The summed E-state index contributed by atoms with van der Waals surface area (Å²) in [5, 5.41) is 0.792. The maximum atomic E-state index is 13.1. The molecular formula is C22H21FN4OS. The molecule has 3 aromatic rings. The van der Waals surface area contributed by atoms with E-state index in [2.05, 4.69) is 19.8 Å². The summed E-state index contributed by atoms with van der Waals surface area (Å²) in [6.45, 7) is 3.32. The monoisotopic (exact) mass is 408 g/mol. The van der Waals surface area contributed by atoms with Gasteiger partial charge in [0.15, 0.2) is 5.78 Å². The molecule has 7 heteroatoms. The van der Waals surface area contributed by atoms with Crippen LogP contribution in [0.15, 0.2) is 72.0 Å². The predicted molar refractivity (Wildman–Crippen MR) is 114 cm³/mol. The van der Waals surface area contributed by atoms with Gasteiger partial charge in [0.2, 0.25) is 0 Å². The summed E-state index contributed by atoms with van der Waals surface area (Å²) >= 11 is 1.43. The fourth-order valence-corrected chi connectivity index (χ4v) is 4.03. The largest absolute Gasteiger partial charge is 0.368 e. The third-order valence-electron chi connectivity index (χ3n) is 4.87. The molecule has 2 heterocycles. The number of rotatable bonds is 6. The first-order valence-electron chi connectivity index (χ1n) is 9.47. The molecule has 0 unspecified atom stereocenters. The third kappa shape index (κ3) is 4.92. The lowest BCUT2D eigenvalue weighted by Crippen LogP contribution is -2.46. The zero-order valence-electron chi connectivity index (χ0n) is 15.9. The minimum atomic E-state index is -0.218. The van der Waals surface area contributed by atoms with Gasteiger partial charge in [0, 0.05) is 43.5 Å². The molecule has 0 aliphatic carbocycles. The van der Waals surface area contributed by atoms with Gasteiger partial charge in [0.05, 0.1) is 5.75 Å². The van der Waals surface area contributed by atoms with Crippen LogP contribution < -0.4 is 9.80 Å². The minimum Gasteiger partial charge on any atom is -0.368 e. The molecule has 5 nitrogen and oxygen atoms in total. The Morgan fingerprint density at radius 3 is 2.34 bits per heavy atom. The van der Waals surface area contributed by atoms with Gasteiger partial charge in [-0.2, -0.15) is 0 Å². The van der Waals surface area contributed by atoms with Crippen LogP contribution in [0.3, 0.4) is 0 Å². The first-order valence-corrected chi connectivity index (χ1v) is 10.5. The fraction of sp³-hybridized carbons (Fsp3) is 0.227. The van der Waals surface area contributed by atoms with Gasteiger partial charge in [0.1, 0.15) is 23.0 Å². The third-order valence-corrected chi connectivity index (χ3v) is 5.80. The summed E-state index contributed by atoms with van der Waals surface area (Å²) in [4.78, 5) is 25.5. The van der Waals surface area contributed by atoms with E-state index in [0.717, 1.165) is 42.7 Å². The standard InChI is InChI=1S/C22H21FN4OS/c23-18-6-8-19(9-7-18)26-10-12-27(13-11-26)21-14-22(25-16-24-21)29-15-20(28)17-4-2-1-3-5-17/h1-9,14,16H,10-13,15H2. The number of carbonyl (C=O) groups excluding carboxylic acids is 1. The molecule has 0 amide bonds. The first kappa shape index (κ1) is 19.4. The second-order valence-corrected chi connectivity index (χ2v) is 7.74. The number of anilines is 2. The van der Waals surface area contributed by atoms with Crippen molar-refractivity contribution in [2.75, 3.05) is 41.7 Å². The van der Waals surface area contributed by atoms with Crippen LogP contribution in [0.1, 0.15) is 10.4 Å². The second kappa shape index (κ2) is 9.05. The Hall–Kier alpha value is -2.93. The maximum absolute atomic E-state index is 13.1. The normalized spacial score (nSPS) is 14.1. The lowest BCUT2D eigenvalue weighted by Gasteiger charge is -2.36.